The minimum absolute atomic E-state index is 0.335. The van der Waals surface area contributed by atoms with Gasteiger partial charge in [-0.15, -0.1) is 0 Å². The van der Waals surface area contributed by atoms with Crippen molar-refractivity contribution in [1.82, 2.24) is 0 Å². The molecule has 1 N–H and O–H groups in total. The highest BCUT2D eigenvalue weighted by Crippen LogP contribution is 2.19. The molecule has 0 saturated heterocycles. The maximum atomic E-state index is 12.3. The molecule has 0 atom stereocenters. The van der Waals surface area contributed by atoms with Crippen molar-refractivity contribution in [3.8, 4) is 0 Å². The van der Waals surface area contributed by atoms with E-state index in [1.54, 1.807) is 24.3 Å². The van der Waals surface area contributed by atoms with Gasteiger partial charge in [-0.2, -0.15) is 0 Å². The molecule has 0 aromatic heterocycles. The van der Waals surface area contributed by atoms with E-state index in [4.69, 9.17) is 4.74 Å². The number of benzene rings is 3. The van der Waals surface area contributed by atoms with Crippen molar-refractivity contribution in [1.29, 1.82) is 0 Å². The smallest absolute Gasteiger partial charge is 0.339 e. The Labute approximate surface area is 147 Å². The molecule has 24 heavy (non-hydrogen) atoms. The first-order chi connectivity index (χ1) is 11.6. The molecule has 0 aliphatic rings. The Bertz CT molecular complexity index is 885. The van der Waals surface area contributed by atoms with Crippen LogP contribution in [-0.2, 0) is 9.53 Å². The maximum absolute atomic E-state index is 12.3. The third-order valence-corrected chi connectivity index (χ3v) is 4.00. The summed E-state index contributed by atoms with van der Waals surface area (Å²) in [5, 5.41) is 4.43. The molecule has 0 aliphatic carbocycles. The number of halogens is 1. The molecular weight excluding hydrogens is 370 g/mol. The highest BCUT2D eigenvalue weighted by atomic mass is 79.9. The molecule has 0 spiro atoms. The molecule has 4 nitrogen and oxygen atoms in total. The predicted octanol–water partition coefficient (Wildman–Crippen LogP) is 4.40. The Morgan fingerprint density at radius 2 is 1.62 bits per heavy atom. The van der Waals surface area contributed by atoms with Gasteiger partial charge < -0.3 is 10.1 Å². The SMILES string of the molecule is O=C(COC(=O)c1cccc2ccccc12)Nc1ccc(Br)cc1. The maximum Gasteiger partial charge on any atom is 0.339 e. The highest BCUT2D eigenvalue weighted by molar-refractivity contribution is 9.10. The lowest BCUT2D eigenvalue weighted by atomic mass is 10.1. The lowest BCUT2D eigenvalue weighted by Crippen LogP contribution is -2.21. The van der Waals surface area contributed by atoms with Gasteiger partial charge >= 0.3 is 5.97 Å². The van der Waals surface area contributed by atoms with Crippen molar-refractivity contribution >= 4 is 44.3 Å². The average Bonchev–Trinajstić information content (AvgIpc) is 2.61. The third-order valence-electron chi connectivity index (χ3n) is 3.47. The first-order valence-corrected chi connectivity index (χ1v) is 8.13. The fourth-order valence-electron chi connectivity index (χ4n) is 2.34. The minimum atomic E-state index is -0.516. The van der Waals surface area contributed by atoms with Gasteiger partial charge in [0.15, 0.2) is 6.61 Å². The number of fused-ring (bicyclic) bond motifs is 1. The average molecular weight is 384 g/mol. The molecule has 0 bridgehead atoms. The van der Waals surface area contributed by atoms with Crippen LogP contribution in [0.25, 0.3) is 10.8 Å². The number of hydrogen-bond donors (Lipinski definition) is 1. The first kappa shape index (κ1) is 16.2. The van der Waals surface area contributed by atoms with Crippen LogP contribution in [0.5, 0.6) is 0 Å². The van der Waals surface area contributed by atoms with Gasteiger partial charge in [-0.05, 0) is 41.1 Å². The second kappa shape index (κ2) is 7.27. The number of carbonyl (C=O) groups is 2. The molecule has 0 heterocycles. The fraction of sp³-hybridized carbons (Fsp3) is 0.0526. The molecule has 3 aromatic carbocycles. The van der Waals surface area contributed by atoms with Crippen LogP contribution in [0.2, 0.25) is 0 Å². The zero-order chi connectivity index (χ0) is 16.9. The predicted molar refractivity (Wildman–Crippen MR) is 97.0 cm³/mol. The Morgan fingerprint density at radius 3 is 2.42 bits per heavy atom. The van der Waals surface area contributed by atoms with Crippen LogP contribution in [0, 0.1) is 0 Å². The normalized spacial score (nSPS) is 10.4. The highest BCUT2D eigenvalue weighted by Gasteiger charge is 2.13. The quantitative estimate of drug-likeness (QED) is 0.679. The summed E-state index contributed by atoms with van der Waals surface area (Å²) in [6.07, 6.45) is 0. The molecular formula is C19H14BrNO3. The summed E-state index contributed by atoms with van der Waals surface area (Å²) in [6, 6.07) is 20.1. The molecule has 3 aromatic rings. The molecule has 0 radical (unpaired) electrons. The van der Waals surface area contributed by atoms with Crippen LogP contribution >= 0.6 is 15.9 Å². The Kier molecular flexibility index (Phi) is 4.91. The monoisotopic (exact) mass is 383 g/mol. The van der Waals surface area contributed by atoms with E-state index in [2.05, 4.69) is 21.2 Å². The minimum Gasteiger partial charge on any atom is -0.452 e. The number of anilines is 1. The summed E-state index contributed by atoms with van der Waals surface area (Å²) >= 11 is 3.32. The first-order valence-electron chi connectivity index (χ1n) is 7.34. The van der Waals surface area contributed by atoms with Crippen molar-refractivity contribution in [3.05, 3.63) is 76.8 Å². The summed E-state index contributed by atoms with van der Waals surface area (Å²) in [4.78, 5) is 24.1. The standard InChI is InChI=1S/C19H14BrNO3/c20-14-8-10-15(11-9-14)21-18(22)12-24-19(23)17-7-3-5-13-4-1-2-6-16(13)17/h1-11H,12H2,(H,21,22). The lowest BCUT2D eigenvalue weighted by Gasteiger charge is -2.08. The van der Waals surface area contributed by atoms with Gasteiger partial charge in [0.25, 0.3) is 5.91 Å². The number of hydrogen-bond acceptors (Lipinski definition) is 3. The number of ether oxygens (including phenoxy) is 1. The van der Waals surface area contributed by atoms with Crippen LogP contribution in [0.1, 0.15) is 10.4 Å². The number of nitrogens with one attached hydrogen (secondary N) is 1. The largest absolute Gasteiger partial charge is 0.452 e. The van der Waals surface area contributed by atoms with E-state index in [1.807, 2.05) is 42.5 Å². The Hall–Kier alpha value is -2.66. The van der Waals surface area contributed by atoms with Gasteiger partial charge in [-0.1, -0.05) is 52.3 Å². The number of esters is 1. The molecule has 1 amide bonds. The van der Waals surface area contributed by atoms with E-state index in [9.17, 15) is 9.59 Å². The summed E-state index contributed by atoms with van der Waals surface area (Å²) in [6.45, 7) is -0.335. The van der Waals surface area contributed by atoms with Crippen LogP contribution in [0.3, 0.4) is 0 Å². The van der Waals surface area contributed by atoms with Gasteiger partial charge in [-0.3, -0.25) is 4.79 Å². The van der Waals surface area contributed by atoms with E-state index in [0.717, 1.165) is 15.2 Å². The fourth-order valence-corrected chi connectivity index (χ4v) is 2.61. The van der Waals surface area contributed by atoms with Gasteiger partial charge in [0.2, 0.25) is 0 Å². The Balaban J connectivity index is 1.64. The van der Waals surface area contributed by atoms with Crippen LogP contribution < -0.4 is 5.32 Å². The number of amides is 1. The van der Waals surface area contributed by atoms with Crippen molar-refractivity contribution in [3.63, 3.8) is 0 Å². The summed E-state index contributed by atoms with van der Waals surface area (Å²) < 4.78 is 6.05. The second-order valence-electron chi connectivity index (χ2n) is 5.16. The van der Waals surface area contributed by atoms with Crippen molar-refractivity contribution in [2.24, 2.45) is 0 Å². The molecule has 0 aliphatic heterocycles. The van der Waals surface area contributed by atoms with Crippen LogP contribution in [0.15, 0.2) is 71.2 Å². The second-order valence-corrected chi connectivity index (χ2v) is 6.07. The molecule has 120 valence electrons. The number of rotatable bonds is 4. The van der Waals surface area contributed by atoms with Crippen LogP contribution in [-0.4, -0.2) is 18.5 Å². The molecule has 5 heteroatoms. The zero-order valence-corrected chi connectivity index (χ0v) is 14.2. The molecule has 3 rings (SSSR count). The Morgan fingerprint density at radius 1 is 0.917 bits per heavy atom. The van der Waals surface area contributed by atoms with E-state index in [0.29, 0.717) is 11.3 Å². The van der Waals surface area contributed by atoms with Crippen molar-refractivity contribution in [2.75, 3.05) is 11.9 Å². The van der Waals surface area contributed by atoms with Gasteiger partial charge in [-0.25, -0.2) is 4.79 Å². The van der Waals surface area contributed by atoms with E-state index >= 15 is 0 Å². The zero-order valence-electron chi connectivity index (χ0n) is 12.7. The van der Waals surface area contributed by atoms with E-state index in [-0.39, 0.29) is 12.5 Å². The molecule has 0 unspecified atom stereocenters. The lowest BCUT2D eigenvalue weighted by molar-refractivity contribution is -0.119. The summed E-state index contributed by atoms with van der Waals surface area (Å²) in [5.41, 5.74) is 1.09. The molecule has 0 saturated carbocycles. The summed E-state index contributed by atoms with van der Waals surface area (Å²) in [7, 11) is 0. The topological polar surface area (TPSA) is 55.4 Å². The third kappa shape index (κ3) is 3.81. The van der Waals surface area contributed by atoms with E-state index < -0.39 is 5.97 Å². The van der Waals surface area contributed by atoms with Crippen molar-refractivity contribution in [2.45, 2.75) is 0 Å². The van der Waals surface area contributed by atoms with E-state index in [1.165, 1.54) is 0 Å². The van der Waals surface area contributed by atoms with Crippen LogP contribution in [0.4, 0.5) is 5.69 Å². The van der Waals surface area contributed by atoms with Gasteiger partial charge in [0.05, 0.1) is 5.56 Å². The van der Waals surface area contributed by atoms with Gasteiger partial charge in [0, 0.05) is 10.2 Å². The van der Waals surface area contributed by atoms with Gasteiger partial charge in [0.1, 0.15) is 0 Å². The number of carbonyl (C=O) groups excluding carboxylic acids is 2. The molecule has 0 fully saturated rings. The summed E-state index contributed by atoms with van der Waals surface area (Å²) in [5.74, 6) is -0.899. The van der Waals surface area contributed by atoms with Crippen molar-refractivity contribution < 1.29 is 14.3 Å².